The Balaban J connectivity index is 3.31. The second-order valence-electron chi connectivity index (χ2n) is 3.91. The number of hydrogen-bond acceptors (Lipinski definition) is 3. The summed E-state index contributed by atoms with van der Waals surface area (Å²) in [5, 5.41) is 10.0. The Morgan fingerprint density at radius 1 is 1.56 bits per heavy atom. The molecule has 1 aromatic rings. The topological polar surface area (TPSA) is 55.5 Å². The van der Waals surface area contributed by atoms with Crippen LogP contribution in [0.15, 0.2) is 10.5 Å². The lowest BCUT2D eigenvalue weighted by Crippen LogP contribution is -2.18. The van der Waals surface area contributed by atoms with Crippen molar-refractivity contribution in [2.75, 3.05) is 7.11 Å². The lowest BCUT2D eigenvalue weighted by Gasteiger charge is -2.16. The standard InChI is InChI=1S/C12H18BrNO2/c1-4-8-6-10(16-3)12(15)9(11(8)13)5-7(2)14/h6-7,15H,4-5,14H2,1-3H3. The summed E-state index contributed by atoms with van der Waals surface area (Å²) in [5.41, 5.74) is 7.71. The highest BCUT2D eigenvalue weighted by Gasteiger charge is 2.16. The largest absolute Gasteiger partial charge is 0.504 e. The van der Waals surface area contributed by atoms with Crippen LogP contribution in [0.1, 0.15) is 25.0 Å². The molecule has 0 bridgehead atoms. The third-order valence-corrected chi connectivity index (χ3v) is 3.49. The predicted molar refractivity (Wildman–Crippen MR) is 69.1 cm³/mol. The summed E-state index contributed by atoms with van der Waals surface area (Å²) < 4.78 is 6.09. The molecule has 0 amide bonds. The van der Waals surface area contributed by atoms with Gasteiger partial charge in [0.1, 0.15) is 0 Å². The van der Waals surface area contributed by atoms with Gasteiger partial charge in [-0.05, 0) is 31.4 Å². The van der Waals surface area contributed by atoms with Crippen LogP contribution < -0.4 is 10.5 Å². The van der Waals surface area contributed by atoms with Crippen LogP contribution in [0, 0.1) is 0 Å². The highest BCUT2D eigenvalue weighted by molar-refractivity contribution is 9.10. The molecule has 1 aromatic carbocycles. The van der Waals surface area contributed by atoms with Crippen LogP contribution in [0.5, 0.6) is 11.5 Å². The molecule has 0 aliphatic carbocycles. The van der Waals surface area contributed by atoms with Crippen LogP contribution >= 0.6 is 15.9 Å². The molecular formula is C12H18BrNO2. The Bertz CT molecular complexity index is 350. The fraction of sp³-hybridized carbons (Fsp3) is 0.500. The minimum absolute atomic E-state index is 0.000915. The minimum atomic E-state index is -0.000915. The molecule has 16 heavy (non-hydrogen) atoms. The van der Waals surface area contributed by atoms with Crippen molar-refractivity contribution in [1.29, 1.82) is 0 Å². The quantitative estimate of drug-likeness (QED) is 0.895. The van der Waals surface area contributed by atoms with Crippen molar-refractivity contribution in [2.45, 2.75) is 32.7 Å². The lowest BCUT2D eigenvalue weighted by molar-refractivity contribution is 0.369. The van der Waals surface area contributed by atoms with E-state index in [4.69, 9.17) is 10.5 Å². The Kier molecular flexibility index (Phi) is 4.62. The summed E-state index contributed by atoms with van der Waals surface area (Å²) in [4.78, 5) is 0. The average molecular weight is 288 g/mol. The second-order valence-corrected chi connectivity index (χ2v) is 4.71. The Morgan fingerprint density at radius 2 is 2.19 bits per heavy atom. The molecule has 0 aromatic heterocycles. The molecule has 1 rings (SSSR count). The molecule has 3 nitrogen and oxygen atoms in total. The van der Waals surface area contributed by atoms with Gasteiger partial charge in [0.2, 0.25) is 0 Å². The predicted octanol–water partition coefficient (Wildman–Crippen LogP) is 2.62. The van der Waals surface area contributed by atoms with E-state index >= 15 is 0 Å². The fourth-order valence-corrected chi connectivity index (χ4v) is 2.40. The smallest absolute Gasteiger partial charge is 0.162 e. The fourth-order valence-electron chi connectivity index (χ4n) is 1.66. The van der Waals surface area contributed by atoms with Crippen molar-refractivity contribution in [3.63, 3.8) is 0 Å². The van der Waals surface area contributed by atoms with Gasteiger partial charge in [0.25, 0.3) is 0 Å². The molecule has 4 heteroatoms. The molecule has 90 valence electrons. The van der Waals surface area contributed by atoms with Gasteiger partial charge in [-0.25, -0.2) is 0 Å². The zero-order valence-electron chi connectivity index (χ0n) is 9.88. The van der Waals surface area contributed by atoms with Crippen molar-refractivity contribution < 1.29 is 9.84 Å². The first kappa shape index (κ1) is 13.3. The number of rotatable bonds is 4. The number of halogens is 1. The van der Waals surface area contributed by atoms with E-state index in [9.17, 15) is 5.11 Å². The van der Waals surface area contributed by atoms with E-state index in [0.717, 1.165) is 22.0 Å². The molecule has 0 saturated carbocycles. The number of phenolic OH excluding ortho intramolecular Hbond substituents is 1. The molecule has 0 saturated heterocycles. The second kappa shape index (κ2) is 5.55. The molecule has 0 fully saturated rings. The van der Waals surface area contributed by atoms with E-state index in [0.29, 0.717) is 12.2 Å². The van der Waals surface area contributed by atoms with Crippen LogP contribution in [-0.4, -0.2) is 18.3 Å². The van der Waals surface area contributed by atoms with Gasteiger partial charge in [-0.1, -0.05) is 22.9 Å². The maximum atomic E-state index is 10.0. The Morgan fingerprint density at radius 3 is 2.62 bits per heavy atom. The van der Waals surface area contributed by atoms with Gasteiger partial charge in [0, 0.05) is 16.1 Å². The number of hydrogen-bond donors (Lipinski definition) is 2. The van der Waals surface area contributed by atoms with E-state index in [2.05, 4.69) is 22.9 Å². The highest BCUT2D eigenvalue weighted by atomic mass is 79.9. The molecule has 3 N–H and O–H groups in total. The number of aryl methyl sites for hydroxylation is 1. The zero-order chi connectivity index (χ0) is 12.3. The molecule has 0 spiro atoms. The van der Waals surface area contributed by atoms with Gasteiger partial charge in [0.15, 0.2) is 11.5 Å². The Hall–Kier alpha value is -0.740. The van der Waals surface area contributed by atoms with Gasteiger partial charge < -0.3 is 15.6 Å². The monoisotopic (exact) mass is 287 g/mol. The van der Waals surface area contributed by atoms with E-state index in [1.54, 1.807) is 7.11 Å². The number of phenols is 1. The van der Waals surface area contributed by atoms with Gasteiger partial charge in [-0.2, -0.15) is 0 Å². The third kappa shape index (κ3) is 2.68. The van der Waals surface area contributed by atoms with Crippen molar-refractivity contribution >= 4 is 15.9 Å². The molecule has 0 aliphatic heterocycles. The van der Waals surface area contributed by atoms with Gasteiger partial charge in [-0.3, -0.25) is 0 Å². The first-order valence-corrected chi connectivity index (χ1v) is 6.13. The molecule has 1 unspecified atom stereocenters. The van der Waals surface area contributed by atoms with Gasteiger partial charge in [0.05, 0.1) is 7.11 Å². The number of ether oxygens (including phenoxy) is 1. The SMILES string of the molecule is CCc1cc(OC)c(O)c(CC(C)N)c1Br. The maximum Gasteiger partial charge on any atom is 0.162 e. The van der Waals surface area contributed by atoms with E-state index < -0.39 is 0 Å². The van der Waals surface area contributed by atoms with E-state index in [-0.39, 0.29) is 11.8 Å². The van der Waals surface area contributed by atoms with Gasteiger partial charge in [-0.15, -0.1) is 0 Å². The Labute approximate surface area is 105 Å². The molecule has 1 atom stereocenters. The number of methoxy groups -OCH3 is 1. The minimum Gasteiger partial charge on any atom is -0.504 e. The van der Waals surface area contributed by atoms with Crippen molar-refractivity contribution in [3.05, 3.63) is 21.7 Å². The van der Waals surface area contributed by atoms with E-state index in [1.165, 1.54) is 0 Å². The first-order chi connectivity index (χ1) is 7.51. The number of aromatic hydroxyl groups is 1. The van der Waals surface area contributed by atoms with Crippen LogP contribution in [0.3, 0.4) is 0 Å². The zero-order valence-corrected chi connectivity index (χ0v) is 11.5. The molecule has 0 aliphatic rings. The molecule has 0 radical (unpaired) electrons. The summed E-state index contributed by atoms with van der Waals surface area (Å²) in [6, 6.07) is 1.85. The van der Waals surface area contributed by atoms with Gasteiger partial charge >= 0.3 is 0 Å². The highest BCUT2D eigenvalue weighted by Crippen LogP contribution is 2.38. The lowest BCUT2D eigenvalue weighted by atomic mass is 10.0. The van der Waals surface area contributed by atoms with Crippen molar-refractivity contribution in [3.8, 4) is 11.5 Å². The van der Waals surface area contributed by atoms with Crippen LogP contribution in [-0.2, 0) is 12.8 Å². The number of benzene rings is 1. The average Bonchev–Trinajstić information content (AvgIpc) is 2.24. The van der Waals surface area contributed by atoms with Crippen LogP contribution in [0.4, 0.5) is 0 Å². The summed E-state index contributed by atoms with van der Waals surface area (Å²) in [6.45, 7) is 3.98. The van der Waals surface area contributed by atoms with Crippen molar-refractivity contribution in [1.82, 2.24) is 0 Å². The molecule has 0 heterocycles. The first-order valence-electron chi connectivity index (χ1n) is 5.34. The van der Waals surface area contributed by atoms with E-state index in [1.807, 2.05) is 13.0 Å². The maximum absolute atomic E-state index is 10.0. The van der Waals surface area contributed by atoms with Crippen molar-refractivity contribution in [2.24, 2.45) is 5.73 Å². The van der Waals surface area contributed by atoms with Crippen LogP contribution in [0.2, 0.25) is 0 Å². The summed E-state index contributed by atoms with van der Waals surface area (Å²) in [7, 11) is 1.55. The normalized spacial score (nSPS) is 12.6. The molecular weight excluding hydrogens is 270 g/mol. The summed E-state index contributed by atoms with van der Waals surface area (Å²) in [6.07, 6.45) is 1.50. The van der Waals surface area contributed by atoms with Crippen LogP contribution in [0.25, 0.3) is 0 Å². The third-order valence-electron chi connectivity index (χ3n) is 2.50. The summed E-state index contributed by atoms with van der Waals surface area (Å²) in [5.74, 6) is 0.694. The summed E-state index contributed by atoms with van der Waals surface area (Å²) >= 11 is 3.51. The number of nitrogens with two attached hydrogens (primary N) is 1.